The number of rotatable bonds is 5. The van der Waals surface area contributed by atoms with E-state index in [4.69, 9.17) is 0 Å². The van der Waals surface area contributed by atoms with Crippen molar-refractivity contribution in [1.82, 2.24) is 9.55 Å². The Bertz CT molecular complexity index is 960. The monoisotopic (exact) mass is 355 g/mol. The highest BCUT2D eigenvalue weighted by Gasteiger charge is 2.22. The minimum Gasteiger partial charge on any atom is -0.311 e. The second kappa shape index (κ2) is 7.19. The molecule has 0 aliphatic carbocycles. The summed E-state index contributed by atoms with van der Waals surface area (Å²) in [6.07, 6.45) is 3.53. The summed E-state index contributed by atoms with van der Waals surface area (Å²) in [6, 6.07) is 9.47. The summed E-state index contributed by atoms with van der Waals surface area (Å²) >= 11 is 1.29. The van der Waals surface area contributed by atoms with Crippen molar-refractivity contribution in [2.45, 2.75) is 33.2 Å². The van der Waals surface area contributed by atoms with E-state index in [0.717, 1.165) is 24.1 Å². The number of nitrogens with zero attached hydrogens (tertiary/aromatic N) is 3. The van der Waals surface area contributed by atoms with E-state index in [1.807, 2.05) is 37.3 Å². The summed E-state index contributed by atoms with van der Waals surface area (Å²) in [5, 5.41) is 0.563. The minimum absolute atomic E-state index is 0.0615. The maximum Gasteiger partial charge on any atom is 0.268 e. The molecule has 0 radical (unpaired) electrons. The summed E-state index contributed by atoms with van der Waals surface area (Å²) in [4.78, 5) is 32.8. The summed E-state index contributed by atoms with van der Waals surface area (Å²) in [7, 11) is 1.74. The highest BCUT2D eigenvalue weighted by atomic mass is 32.1. The van der Waals surface area contributed by atoms with Crippen LogP contribution in [0.15, 0.2) is 41.5 Å². The van der Waals surface area contributed by atoms with Crippen molar-refractivity contribution in [3.05, 3.63) is 57.5 Å². The second-order valence-corrected chi connectivity index (χ2v) is 7.03. The van der Waals surface area contributed by atoms with E-state index in [0.29, 0.717) is 21.6 Å². The first kappa shape index (κ1) is 17.4. The molecular formula is C19H21N3O2S. The fraction of sp³-hybridized carbons (Fsp3) is 0.316. The number of thiophene rings is 1. The minimum atomic E-state index is -0.119. The van der Waals surface area contributed by atoms with Gasteiger partial charge >= 0.3 is 0 Å². The van der Waals surface area contributed by atoms with Gasteiger partial charge in [-0.3, -0.25) is 14.2 Å². The fourth-order valence-electron chi connectivity index (χ4n) is 2.77. The Labute approximate surface area is 150 Å². The molecule has 2 heterocycles. The van der Waals surface area contributed by atoms with Crippen molar-refractivity contribution in [3.8, 4) is 0 Å². The number of carbonyl (C=O) groups excluding carboxylic acids is 1. The van der Waals surface area contributed by atoms with E-state index in [1.54, 1.807) is 22.8 Å². The molecule has 0 saturated heterocycles. The van der Waals surface area contributed by atoms with Crippen LogP contribution in [0, 0.1) is 6.92 Å². The SMILES string of the molecule is CCCCn1cnc2sc(C(=O)N(C)c3ccccc3)c(C)c2c1=O. The van der Waals surface area contributed by atoms with Crippen molar-refractivity contribution < 1.29 is 4.79 Å². The van der Waals surface area contributed by atoms with Crippen LogP contribution in [0.4, 0.5) is 5.69 Å². The number of benzene rings is 1. The van der Waals surface area contributed by atoms with Gasteiger partial charge in [0.25, 0.3) is 11.5 Å². The smallest absolute Gasteiger partial charge is 0.268 e. The van der Waals surface area contributed by atoms with Crippen molar-refractivity contribution in [3.63, 3.8) is 0 Å². The second-order valence-electron chi connectivity index (χ2n) is 6.03. The number of hydrogen-bond acceptors (Lipinski definition) is 4. The molecule has 3 aromatic rings. The van der Waals surface area contributed by atoms with Gasteiger partial charge in [-0.2, -0.15) is 0 Å². The third-order valence-corrected chi connectivity index (χ3v) is 5.50. The quantitative estimate of drug-likeness (QED) is 0.699. The molecule has 0 saturated carbocycles. The van der Waals surface area contributed by atoms with Gasteiger partial charge in [0.1, 0.15) is 4.83 Å². The number of carbonyl (C=O) groups is 1. The average molecular weight is 355 g/mol. The summed E-state index contributed by atoms with van der Waals surface area (Å²) in [5.41, 5.74) is 1.47. The lowest BCUT2D eigenvalue weighted by Gasteiger charge is -2.16. The molecular weight excluding hydrogens is 334 g/mol. The number of hydrogen-bond donors (Lipinski definition) is 0. The van der Waals surface area contributed by atoms with Crippen molar-refractivity contribution in [2.75, 3.05) is 11.9 Å². The van der Waals surface area contributed by atoms with Crippen molar-refractivity contribution in [1.29, 1.82) is 0 Å². The zero-order valence-corrected chi connectivity index (χ0v) is 15.5. The van der Waals surface area contributed by atoms with Crippen LogP contribution in [-0.4, -0.2) is 22.5 Å². The van der Waals surface area contributed by atoms with E-state index in [9.17, 15) is 9.59 Å². The first-order valence-electron chi connectivity index (χ1n) is 8.36. The fourth-order valence-corrected chi connectivity index (χ4v) is 3.89. The molecule has 2 aromatic heterocycles. The van der Waals surface area contributed by atoms with Crippen LogP contribution < -0.4 is 10.5 Å². The Morgan fingerprint density at radius 1 is 1.28 bits per heavy atom. The molecule has 0 N–H and O–H groups in total. The predicted molar refractivity (Wildman–Crippen MR) is 103 cm³/mol. The number of aryl methyl sites for hydroxylation is 2. The van der Waals surface area contributed by atoms with E-state index in [-0.39, 0.29) is 11.5 Å². The number of para-hydroxylation sites is 1. The first-order chi connectivity index (χ1) is 12.0. The van der Waals surface area contributed by atoms with Crippen LogP contribution in [0.3, 0.4) is 0 Å². The average Bonchev–Trinajstić information content (AvgIpc) is 2.98. The summed E-state index contributed by atoms with van der Waals surface area (Å²) < 4.78 is 1.64. The van der Waals surface area contributed by atoms with Crippen LogP contribution in [0.25, 0.3) is 10.2 Å². The van der Waals surface area contributed by atoms with Gasteiger partial charge in [-0.15, -0.1) is 11.3 Å². The Morgan fingerprint density at radius 2 is 2.00 bits per heavy atom. The van der Waals surface area contributed by atoms with E-state index in [1.165, 1.54) is 11.3 Å². The molecule has 0 aliphatic rings. The highest BCUT2D eigenvalue weighted by Crippen LogP contribution is 2.29. The van der Waals surface area contributed by atoms with E-state index in [2.05, 4.69) is 11.9 Å². The zero-order valence-electron chi connectivity index (χ0n) is 14.7. The maximum atomic E-state index is 12.9. The number of unbranched alkanes of at least 4 members (excludes halogenated alkanes) is 1. The van der Waals surface area contributed by atoms with Crippen LogP contribution in [0.2, 0.25) is 0 Å². The topological polar surface area (TPSA) is 55.2 Å². The number of fused-ring (bicyclic) bond motifs is 1. The molecule has 130 valence electrons. The largest absolute Gasteiger partial charge is 0.311 e. The van der Waals surface area contributed by atoms with E-state index < -0.39 is 0 Å². The predicted octanol–water partition coefficient (Wildman–Crippen LogP) is 3.84. The number of aromatic nitrogens is 2. The molecule has 0 fully saturated rings. The van der Waals surface area contributed by atoms with Gasteiger partial charge in [0, 0.05) is 19.3 Å². The molecule has 6 heteroatoms. The van der Waals surface area contributed by atoms with Gasteiger partial charge in [-0.05, 0) is 31.0 Å². The van der Waals surface area contributed by atoms with Gasteiger partial charge < -0.3 is 4.90 Å². The molecule has 0 atom stereocenters. The van der Waals surface area contributed by atoms with Crippen molar-refractivity contribution >= 4 is 33.1 Å². The Hall–Kier alpha value is -2.47. The lowest BCUT2D eigenvalue weighted by molar-refractivity contribution is 0.0996. The lowest BCUT2D eigenvalue weighted by Crippen LogP contribution is -2.26. The summed E-state index contributed by atoms with van der Waals surface area (Å²) in [6.45, 7) is 4.57. The van der Waals surface area contributed by atoms with Gasteiger partial charge in [0.15, 0.2) is 0 Å². The van der Waals surface area contributed by atoms with Crippen LogP contribution in [0.5, 0.6) is 0 Å². The summed E-state index contributed by atoms with van der Waals surface area (Å²) in [5.74, 6) is -0.119. The van der Waals surface area contributed by atoms with Crippen molar-refractivity contribution in [2.24, 2.45) is 0 Å². The van der Waals surface area contributed by atoms with Gasteiger partial charge in [-0.1, -0.05) is 31.5 Å². The standard InChI is InChI=1S/C19H21N3O2S/c1-4-5-11-22-12-20-17-15(18(22)23)13(2)16(25-17)19(24)21(3)14-9-7-6-8-10-14/h6-10,12H,4-5,11H2,1-3H3. The molecule has 1 amide bonds. The van der Waals surface area contributed by atoms with Crippen LogP contribution in [0.1, 0.15) is 35.0 Å². The van der Waals surface area contributed by atoms with Gasteiger partial charge in [0.2, 0.25) is 0 Å². The van der Waals surface area contributed by atoms with Gasteiger partial charge in [-0.25, -0.2) is 4.98 Å². The molecule has 25 heavy (non-hydrogen) atoms. The number of anilines is 1. The van der Waals surface area contributed by atoms with Crippen LogP contribution >= 0.6 is 11.3 Å². The molecule has 0 spiro atoms. The zero-order chi connectivity index (χ0) is 18.0. The molecule has 1 aromatic carbocycles. The normalized spacial score (nSPS) is 11.0. The Morgan fingerprint density at radius 3 is 2.68 bits per heavy atom. The Balaban J connectivity index is 2.03. The molecule has 0 unspecified atom stereocenters. The molecule has 0 aliphatic heterocycles. The Kier molecular flexibility index (Phi) is 4.99. The number of amides is 1. The van der Waals surface area contributed by atoms with E-state index >= 15 is 0 Å². The third kappa shape index (κ3) is 3.22. The molecule has 3 rings (SSSR count). The highest BCUT2D eigenvalue weighted by molar-refractivity contribution is 7.20. The van der Waals surface area contributed by atoms with Gasteiger partial charge in [0.05, 0.1) is 16.6 Å². The maximum absolute atomic E-state index is 12.9. The first-order valence-corrected chi connectivity index (χ1v) is 9.18. The lowest BCUT2D eigenvalue weighted by atomic mass is 10.2. The molecule has 0 bridgehead atoms. The molecule has 5 nitrogen and oxygen atoms in total. The third-order valence-electron chi connectivity index (χ3n) is 4.31. The van der Waals surface area contributed by atoms with Crippen LogP contribution in [-0.2, 0) is 6.54 Å².